The molecule has 88 valence electrons. The molecule has 0 aromatic carbocycles. The third-order valence-electron chi connectivity index (χ3n) is 2.99. The van der Waals surface area contributed by atoms with Crippen LogP contribution < -0.4 is 5.32 Å². The van der Waals surface area contributed by atoms with Crippen molar-refractivity contribution in [2.75, 3.05) is 19.6 Å². The summed E-state index contributed by atoms with van der Waals surface area (Å²) in [5.41, 5.74) is 0.425. The average Bonchev–Trinajstić information content (AvgIpc) is 2.16. The van der Waals surface area contributed by atoms with Crippen LogP contribution in [0.15, 0.2) is 0 Å². The molecule has 1 aliphatic heterocycles. The molecule has 1 N–H and O–H groups in total. The van der Waals surface area contributed by atoms with Gasteiger partial charge in [0, 0.05) is 19.6 Å². The van der Waals surface area contributed by atoms with Gasteiger partial charge in [0.2, 0.25) is 0 Å². The van der Waals surface area contributed by atoms with Crippen molar-refractivity contribution in [1.82, 2.24) is 10.2 Å². The number of rotatable bonds is 3. The predicted molar refractivity (Wildman–Crippen MR) is 70.1 cm³/mol. The first-order chi connectivity index (χ1) is 7.05. The number of nitrogens with zero attached hydrogens (tertiary/aromatic N) is 1. The summed E-state index contributed by atoms with van der Waals surface area (Å²) in [6.07, 6.45) is 5.02. The third kappa shape index (κ3) is 4.37. The first-order valence-electron chi connectivity index (χ1n) is 6.08. The summed E-state index contributed by atoms with van der Waals surface area (Å²) in [5.74, 6) is 0. The maximum Gasteiger partial charge on any atom is 0.168 e. The summed E-state index contributed by atoms with van der Waals surface area (Å²) in [4.78, 5) is 2.33. The molecular weight excluding hydrogens is 204 g/mol. The van der Waals surface area contributed by atoms with Gasteiger partial charge in [-0.15, -0.1) is 0 Å². The normalized spacial score (nSPS) is 20.1. The quantitative estimate of drug-likeness (QED) is 0.591. The molecule has 2 nitrogen and oxygen atoms in total. The minimum atomic E-state index is 0.425. The maximum absolute atomic E-state index is 5.40. The van der Waals surface area contributed by atoms with E-state index < -0.39 is 0 Å². The fourth-order valence-electron chi connectivity index (χ4n) is 2.08. The molecule has 0 aromatic rings. The van der Waals surface area contributed by atoms with Crippen LogP contribution in [0.3, 0.4) is 0 Å². The highest BCUT2D eigenvalue weighted by Crippen LogP contribution is 2.28. The van der Waals surface area contributed by atoms with Crippen molar-refractivity contribution < 1.29 is 0 Å². The molecule has 0 aliphatic carbocycles. The highest BCUT2D eigenvalue weighted by Gasteiger charge is 2.27. The summed E-state index contributed by atoms with van der Waals surface area (Å²) in [7, 11) is 0. The zero-order valence-corrected chi connectivity index (χ0v) is 11.1. The highest BCUT2D eigenvalue weighted by molar-refractivity contribution is 7.80. The second kappa shape index (κ2) is 5.69. The fourth-order valence-corrected chi connectivity index (χ4v) is 2.34. The van der Waals surface area contributed by atoms with Crippen molar-refractivity contribution >= 4 is 17.3 Å². The maximum atomic E-state index is 5.40. The first-order valence-corrected chi connectivity index (χ1v) is 6.49. The summed E-state index contributed by atoms with van der Waals surface area (Å²) in [6.45, 7) is 10.1. The van der Waals surface area contributed by atoms with Crippen LogP contribution in [0.1, 0.15) is 46.5 Å². The Hall–Kier alpha value is -0.310. The van der Waals surface area contributed by atoms with Crippen LogP contribution in [0, 0.1) is 5.41 Å². The van der Waals surface area contributed by atoms with Crippen LogP contribution in [0.25, 0.3) is 0 Å². The molecule has 3 heteroatoms. The molecule has 0 bridgehead atoms. The second-order valence-electron chi connectivity index (χ2n) is 5.27. The van der Waals surface area contributed by atoms with E-state index in [9.17, 15) is 0 Å². The second-order valence-corrected chi connectivity index (χ2v) is 5.66. The van der Waals surface area contributed by atoms with Gasteiger partial charge in [-0.05, 0) is 36.9 Å². The zero-order valence-electron chi connectivity index (χ0n) is 10.3. The number of piperidine rings is 1. The van der Waals surface area contributed by atoms with Crippen LogP contribution in [-0.4, -0.2) is 29.6 Å². The van der Waals surface area contributed by atoms with E-state index in [-0.39, 0.29) is 0 Å². The number of nitrogens with one attached hydrogen (secondary N) is 1. The number of likely N-dealkylation sites (tertiary alicyclic amines) is 1. The minimum Gasteiger partial charge on any atom is -0.363 e. The van der Waals surface area contributed by atoms with E-state index in [0.29, 0.717) is 5.41 Å². The van der Waals surface area contributed by atoms with Gasteiger partial charge in [-0.3, -0.25) is 0 Å². The van der Waals surface area contributed by atoms with Gasteiger partial charge in [-0.25, -0.2) is 0 Å². The molecule has 0 radical (unpaired) electrons. The van der Waals surface area contributed by atoms with Gasteiger partial charge in [0.05, 0.1) is 0 Å². The van der Waals surface area contributed by atoms with Gasteiger partial charge in [0.25, 0.3) is 0 Å². The van der Waals surface area contributed by atoms with E-state index in [0.717, 1.165) is 24.7 Å². The Balaban J connectivity index is 2.32. The van der Waals surface area contributed by atoms with E-state index in [1.807, 2.05) is 0 Å². The van der Waals surface area contributed by atoms with Crippen LogP contribution in [0.4, 0.5) is 0 Å². The Bertz CT molecular complexity index is 214. The molecule has 0 unspecified atom stereocenters. The van der Waals surface area contributed by atoms with E-state index in [1.54, 1.807) is 0 Å². The van der Waals surface area contributed by atoms with Gasteiger partial charge in [-0.1, -0.05) is 27.2 Å². The molecule has 1 saturated heterocycles. The van der Waals surface area contributed by atoms with Crippen LogP contribution in [0.2, 0.25) is 0 Å². The zero-order chi connectivity index (χ0) is 11.3. The Kier molecular flexibility index (Phi) is 4.84. The van der Waals surface area contributed by atoms with Crippen LogP contribution >= 0.6 is 12.2 Å². The van der Waals surface area contributed by atoms with Crippen molar-refractivity contribution in [1.29, 1.82) is 0 Å². The van der Waals surface area contributed by atoms with E-state index in [4.69, 9.17) is 12.2 Å². The number of thiocarbonyl (C=S) groups is 1. The summed E-state index contributed by atoms with van der Waals surface area (Å²) >= 11 is 5.40. The SMILES string of the molecule is CCCCNC(=S)N1CCCC(C)(C)C1. The van der Waals surface area contributed by atoms with E-state index >= 15 is 0 Å². The molecule has 15 heavy (non-hydrogen) atoms. The molecule has 0 amide bonds. The van der Waals surface area contributed by atoms with Gasteiger partial charge >= 0.3 is 0 Å². The van der Waals surface area contributed by atoms with Gasteiger partial charge in [0.15, 0.2) is 5.11 Å². The lowest BCUT2D eigenvalue weighted by molar-refractivity contribution is 0.177. The van der Waals surface area contributed by atoms with Gasteiger partial charge < -0.3 is 10.2 Å². The molecule has 1 rings (SSSR count). The predicted octanol–water partition coefficient (Wildman–Crippen LogP) is 2.78. The fraction of sp³-hybridized carbons (Fsp3) is 0.917. The smallest absolute Gasteiger partial charge is 0.168 e. The Morgan fingerprint density at radius 3 is 2.80 bits per heavy atom. The van der Waals surface area contributed by atoms with Crippen molar-refractivity contribution in [2.45, 2.75) is 46.5 Å². The summed E-state index contributed by atoms with van der Waals surface area (Å²) in [6, 6.07) is 0. The number of unbranched alkanes of at least 4 members (excludes halogenated alkanes) is 1. The Morgan fingerprint density at radius 1 is 1.47 bits per heavy atom. The lowest BCUT2D eigenvalue weighted by Gasteiger charge is -2.39. The molecule has 0 saturated carbocycles. The standard InChI is InChI=1S/C12H24N2S/c1-4-5-8-13-11(15)14-9-6-7-12(2,3)10-14/h4-10H2,1-3H3,(H,13,15). The van der Waals surface area contributed by atoms with Crippen LogP contribution in [0.5, 0.6) is 0 Å². The molecule has 1 aliphatic rings. The highest BCUT2D eigenvalue weighted by atomic mass is 32.1. The lowest BCUT2D eigenvalue weighted by Crippen LogP contribution is -2.48. The van der Waals surface area contributed by atoms with E-state index in [1.165, 1.54) is 25.7 Å². The third-order valence-corrected chi connectivity index (χ3v) is 3.40. The summed E-state index contributed by atoms with van der Waals surface area (Å²) in [5, 5.41) is 4.30. The van der Waals surface area contributed by atoms with Crippen molar-refractivity contribution in [3.63, 3.8) is 0 Å². The Labute approximate surface area is 99.4 Å². The van der Waals surface area contributed by atoms with Crippen LogP contribution in [-0.2, 0) is 0 Å². The monoisotopic (exact) mass is 228 g/mol. The minimum absolute atomic E-state index is 0.425. The van der Waals surface area contributed by atoms with E-state index in [2.05, 4.69) is 31.0 Å². The van der Waals surface area contributed by atoms with Crippen molar-refractivity contribution in [3.05, 3.63) is 0 Å². The van der Waals surface area contributed by atoms with Crippen molar-refractivity contribution in [2.24, 2.45) is 5.41 Å². The molecular formula is C12H24N2S. The van der Waals surface area contributed by atoms with Gasteiger partial charge in [-0.2, -0.15) is 0 Å². The molecule has 0 atom stereocenters. The Morgan fingerprint density at radius 2 is 2.20 bits per heavy atom. The first kappa shape index (κ1) is 12.8. The number of hydrogen-bond acceptors (Lipinski definition) is 1. The van der Waals surface area contributed by atoms with Crippen molar-refractivity contribution in [3.8, 4) is 0 Å². The topological polar surface area (TPSA) is 15.3 Å². The lowest BCUT2D eigenvalue weighted by atomic mass is 9.84. The summed E-state index contributed by atoms with van der Waals surface area (Å²) < 4.78 is 0. The number of hydrogen-bond donors (Lipinski definition) is 1. The molecule has 0 spiro atoms. The van der Waals surface area contributed by atoms with Gasteiger partial charge in [0.1, 0.15) is 0 Å². The molecule has 1 fully saturated rings. The largest absolute Gasteiger partial charge is 0.363 e. The molecule has 1 heterocycles. The molecule has 0 aromatic heterocycles. The average molecular weight is 228 g/mol.